The van der Waals surface area contributed by atoms with E-state index in [9.17, 15) is 4.79 Å². The third-order valence-corrected chi connectivity index (χ3v) is 3.49. The lowest BCUT2D eigenvalue weighted by Gasteiger charge is -2.11. The Bertz CT molecular complexity index is 611. The number of nitrogens with one attached hydrogen (secondary N) is 1. The van der Waals surface area contributed by atoms with Crippen molar-refractivity contribution in [3.05, 3.63) is 59.1 Å². The number of hydrogen-bond acceptors (Lipinski definition) is 2. The SMILES string of the molecule is CN(C)CCNC(=O)c1ccc(Cl)c(-c2ccccc2)c1. The number of nitrogens with zero attached hydrogens (tertiary/aromatic N) is 1. The number of carbonyl (C=O) groups is 1. The maximum atomic E-state index is 12.1. The van der Waals surface area contributed by atoms with Crippen molar-refractivity contribution in [2.24, 2.45) is 0 Å². The molecule has 0 aromatic heterocycles. The first-order valence-corrected chi connectivity index (χ1v) is 7.23. The van der Waals surface area contributed by atoms with Crippen molar-refractivity contribution < 1.29 is 4.79 Å². The van der Waals surface area contributed by atoms with E-state index in [0.717, 1.165) is 17.7 Å². The lowest BCUT2D eigenvalue weighted by Crippen LogP contribution is -2.31. The molecule has 0 aliphatic rings. The van der Waals surface area contributed by atoms with Crippen LogP contribution >= 0.6 is 11.6 Å². The minimum absolute atomic E-state index is 0.0781. The molecule has 0 unspecified atom stereocenters. The van der Waals surface area contributed by atoms with Crippen LogP contribution in [0.4, 0.5) is 0 Å². The maximum Gasteiger partial charge on any atom is 0.251 e. The minimum atomic E-state index is -0.0781. The molecular formula is C17H19ClN2O. The van der Waals surface area contributed by atoms with E-state index in [2.05, 4.69) is 5.32 Å². The molecule has 0 atom stereocenters. The molecule has 0 heterocycles. The van der Waals surface area contributed by atoms with Crippen LogP contribution in [0.2, 0.25) is 5.02 Å². The molecule has 3 nitrogen and oxygen atoms in total. The Kier molecular flexibility index (Phi) is 5.37. The van der Waals surface area contributed by atoms with Gasteiger partial charge in [0.2, 0.25) is 0 Å². The second-order valence-corrected chi connectivity index (χ2v) is 5.53. The molecule has 21 heavy (non-hydrogen) atoms. The summed E-state index contributed by atoms with van der Waals surface area (Å²) in [7, 11) is 3.95. The predicted octanol–water partition coefficient (Wildman–Crippen LogP) is 3.30. The highest BCUT2D eigenvalue weighted by Crippen LogP contribution is 2.28. The molecule has 0 radical (unpaired) electrons. The molecule has 0 saturated heterocycles. The Balaban J connectivity index is 2.17. The van der Waals surface area contributed by atoms with E-state index in [1.54, 1.807) is 12.1 Å². The van der Waals surface area contributed by atoms with E-state index in [1.807, 2.05) is 55.4 Å². The third kappa shape index (κ3) is 4.31. The highest BCUT2D eigenvalue weighted by molar-refractivity contribution is 6.33. The second kappa shape index (κ2) is 7.25. The van der Waals surface area contributed by atoms with E-state index in [0.29, 0.717) is 17.1 Å². The van der Waals surface area contributed by atoms with Crippen molar-refractivity contribution in [1.29, 1.82) is 0 Å². The Morgan fingerprint density at radius 1 is 1.14 bits per heavy atom. The number of likely N-dealkylation sites (N-methyl/N-ethyl adjacent to an activating group) is 1. The van der Waals surface area contributed by atoms with Crippen molar-refractivity contribution in [3.8, 4) is 11.1 Å². The van der Waals surface area contributed by atoms with Crippen molar-refractivity contribution in [1.82, 2.24) is 10.2 Å². The highest BCUT2D eigenvalue weighted by Gasteiger charge is 2.10. The Labute approximate surface area is 130 Å². The van der Waals surface area contributed by atoms with Crippen molar-refractivity contribution in [2.45, 2.75) is 0 Å². The van der Waals surface area contributed by atoms with E-state index in [1.165, 1.54) is 0 Å². The average molecular weight is 303 g/mol. The molecule has 0 spiro atoms. The largest absolute Gasteiger partial charge is 0.351 e. The quantitative estimate of drug-likeness (QED) is 0.919. The summed E-state index contributed by atoms with van der Waals surface area (Å²) in [5.41, 5.74) is 2.50. The fourth-order valence-corrected chi connectivity index (χ4v) is 2.23. The van der Waals surface area contributed by atoms with Crippen LogP contribution in [-0.2, 0) is 0 Å². The lowest BCUT2D eigenvalue weighted by molar-refractivity contribution is 0.0951. The zero-order valence-corrected chi connectivity index (χ0v) is 13.0. The number of carbonyl (C=O) groups excluding carboxylic acids is 1. The van der Waals surface area contributed by atoms with E-state index in [-0.39, 0.29) is 5.91 Å². The van der Waals surface area contributed by atoms with Gasteiger partial charge in [-0.15, -0.1) is 0 Å². The number of rotatable bonds is 5. The first kappa shape index (κ1) is 15.5. The summed E-state index contributed by atoms with van der Waals surface area (Å²) in [6.07, 6.45) is 0. The molecule has 2 aromatic carbocycles. The normalized spacial score (nSPS) is 10.7. The Morgan fingerprint density at radius 3 is 2.52 bits per heavy atom. The summed E-state index contributed by atoms with van der Waals surface area (Å²) in [4.78, 5) is 14.2. The molecule has 1 N–H and O–H groups in total. The van der Waals surface area contributed by atoms with Crippen molar-refractivity contribution >= 4 is 17.5 Å². The zero-order chi connectivity index (χ0) is 15.2. The van der Waals surface area contributed by atoms with Crippen molar-refractivity contribution in [3.63, 3.8) is 0 Å². The van der Waals surface area contributed by atoms with E-state index >= 15 is 0 Å². The summed E-state index contributed by atoms with van der Waals surface area (Å²) in [5.74, 6) is -0.0781. The van der Waals surface area contributed by atoms with Gasteiger partial charge in [-0.25, -0.2) is 0 Å². The van der Waals surface area contributed by atoms with Gasteiger partial charge >= 0.3 is 0 Å². The van der Waals surface area contributed by atoms with Gasteiger partial charge in [0.15, 0.2) is 0 Å². The molecule has 0 aliphatic heterocycles. The smallest absolute Gasteiger partial charge is 0.251 e. The zero-order valence-electron chi connectivity index (χ0n) is 12.3. The highest BCUT2D eigenvalue weighted by atomic mass is 35.5. The topological polar surface area (TPSA) is 32.3 Å². The van der Waals surface area contributed by atoms with E-state index in [4.69, 9.17) is 11.6 Å². The summed E-state index contributed by atoms with van der Waals surface area (Å²) in [6.45, 7) is 1.43. The van der Waals surface area contributed by atoms with Crippen LogP contribution in [0.25, 0.3) is 11.1 Å². The van der Waals surface area contributed by atoms with E-state index < -0.39 is 0 Å². The van der Waals surface area contributed by atoms with Crippen molar-refractivity contribution in [2.75, 3.05) is 27.2 Å². The van der Waals surface area contributed by atoms with Gasteiger partial charge < -0.3 is 10.2 Å². The van der Waals surface area contributed by atoms with Gasteiger partial charge in [-0.3, -0.25) is 4.79 Å². The number of amides is 1. The van der Waals surface area contributed by atoms with Crippen LogP contribution in [0.1, 0.15) is 10.4 Å². The first-order chi connectivity index (χ1) is 10.1. The van der Waals surface area contributed by atoms with Crippen LogP contribution in [0.15, 0.2) is 48.5 Å². The van der Waals surface area contributed by atoms with Gasteiger partial charge in [0.25, 0.3) is 5.91 Å². The van der Waals surface area contributed by atoms with Crippen LogP contribution in [0, 0.1) is 0 Å². The monoisotopic (exact) mass is 302 g/mol. The summed E-state index contributed by atoms with van der Waals surface area (Å²) >= 11 is 6.24. The molecule has 110 valence electrons. The second-order valence-electron chi connectivity index (χ2n) is 5.12. The summed E-state index contributed by atoms with van der Waals surface area (Å²) in [6, 6.07) is 15.2. The first-order valence-electron chi connectivity index (χ1n) is 6.86. The molecule has 0 aliphatic carbocycles. The standard InChI is InChI=1S/C17H19ClN2O/c1-20(2)11-10-19-17(21)14-8-9-16(18)15(12-14)13-6-4-3-5-7-13/h3-9,12H,10-11H2,1-2H3,(H,19,21). The van der Waals surface area contributed by atoms with Crippen LogP contribution in [0.5, 0.6) is 0 Å². The molecule has 1 amide bonds. The van der Waals surface area contributed by atoms with Crippen LogP contribution in [-0.4, -0.2) is 38.0 Å². The Hall–Kier alpha value is -1.84. The van der Waals surface area contributed by atoms with Gasteiger partial charge in [0.1, 0.15) is 0 Å². The minimum Gasteiger partial charge on any atom is -0.351 e. The van der Waals surface area contributed by atoms with Crippen LogP contribution < -0.4 is 5.32 Å². The number of benzene rings is 2. The summed E-state index contributed by atoms with van der Waals surface area (Å²) in [5, 5.41) is 3.55. The molecule has 2 aromatic rings. The maximum absolute atomic E-state index is 12.1. The third-order valence-electron chi connectivity index (χ3n) is 3.16. The fraction of sp³-hybridized carbons (Fsp3) is 0.235. The molecule has 0 bridgehead atoms. The molecule has 4 heteroatoms. The number of hydrogen-bond donors (Lipinski definition) is 1. The predicted molar refractivity (Wildman–Crippen MR) is 87.8 cm³/mol. The van der Waals surface area contributed by atoms with Crippen LogP contribution in [0.3, 0.4) is 0 Å². The van der Waals surface area contributed by atoms with Gasteiger partial charge in [-0.05, 0) is 37.9 Å². The molecular weight excluding hydrogens is 284 g/mol. The Morgan fingerprint density at radius 2 is 1.86 bits per heavy atom. The average Bonchev–Trinajstić information content (AvgIpc) is 2.48. The van der Waals surface area contributed by atoms with Gasteiger partial charge in [0, 0.05) is 29.2 Å². The molecule has 0 fully saturated rings. The van der Waals surface area contributed by atoms with Gasteiger partial charge in [0.05, 0.1) is 0 Å². The number of halogens is 1. The fourth-order valence-electron chi connectivity index (χ4n) is 2.00. The molecule has 2 rings (SSSR count). The van der Waals surface area contributed by atoms with Gasteiger partial charge in [-0.2, -0.15) is 0 Å². The lowest BCUT2D eigenvalue weighted by atomic mass is 10.0. The summed E-state index contributed by atoms with van der Waals surface area (Å²) < 4.78 is 0. The van der Waals surface area contributed by atoms with Gasteiger partial charge in [-0.1, -0.05) is 41.9 Å². The molecule has 0 saturated carbocycles.